The second-order valence-corrected chi connectivity index (χ2v) is 11.1. The highest BCUT2D eigenvalue weighted by Crippen LogP contribution is 2.22. The smallest absolute Gasteiger partial charge is 0.242 e. The highest BCUT2D eigenvalue weighted by molar-refractivity contribution is 7.92. The van der Waals surface area contributed by atoms with Crippen LogP contribution < -0.4 is 9.62 Å². The molecule has 0 unspecified atom stereocenters. The van der Waals surface area contributed by atoms with Gasteiger partial charge in [0.1, 0.15) is 6.04 Å². The first-order valence-electron chi connectivity index (χ1n) is 11.6. The number of hydrogen-bond acceptors (Lipinski definition) is 4. The Labute approximate surface area is 218 Å². The molecular weight excluding hydrogens is 509 g/mol. The Bertz CT molecular complexity index is 1080. The van der Waals surface area contributed by atoms with Gasteiger partial charge in [-0.25, -0.2) is 8.42 Å². The predicted octanol–water partition coefficient (Wildman–Crippen LogP) is 4.87. The zero-order valence-corrected chi connectivity index (χ0v) is 22.7. The van der Waals surface area contributed by atoms with Gasteiger partial charge in [-0.1, -0.05) is 49.2 Å². The molecule has 0 bridgehead atoms. The van der Waals surface area contributed by atoms with Crippen LogP contribution in [0.5, 0.6) is 0 Å². The normalized spacial score (nSPS) is 12.1. The molecule has 1 N–H and O–H groups in total. The van der Waals surface area contributed by atoms with Crippen molar-refractivity contribution in [2.75, 3.05) is 23.7 Å². The van der Waals surface area contributed by atoms with E-state index in [1.165, 1.54) is 4.31 Å². The van der Waals surface area contributed by atoms with Crippen molar-refractivity contribution in [3.63, 3.8) is 0 Å². The number of nitrogens with one attached hydrogen (secondary N) is 1. The number of nitrogens with zero attached hydrogens (tertiary/aromatic N) is 2. The van der Waals surface area contributed by atoms with Crippen molar-refractivity contribution in [3.8, 4) is 0 Å². The van der Waals surface area contributed by atoms with Crippen LogP contribution in [-0.4, -0.2) is 50.5 Å². The molecule has 0 saturated carbocycles. The minimum atomic E-state index is -3.56. The Hall–Kier alpha value is -2.29. The maximum Gasteiger partial charge on any atom is 0.242 e. The summed E-state index contributed by atoms with van der Waals surface area (Å²) in [6.07, 6.45) is 2.75. The summed E-state index contributed by atoms with van der Waals surface area (Å²) < 4.78 is 26.0. The van der Waals surface area contributed by atoms with E-state index in [9.17, 15) is 18.0 Å². The van der Waals surface area contributed by atoms with Gasteiger partial charge < -0.3 is 10.2 Å². The maximum absolute atomic E-state index is 13.3. The third-order valence-electron chi connectivity index (χ3n) is 5.47. The Balaban J connectivity index is 2.18. The Morgan fingerprint density at radius 2 is 1.54 bits per heavy atom. The average Bonchev–Trinajstić information content (AvgIpc) is 2.81. The van der Waals surface area contributed by atoms with Gasteiger partial charge in [0.2, 0.25) is 21.8 Å². The van der Waals surface area contributed by atoms with Gasteiger partial charge in [-0.2, -0.15) is 0 Å². The molecule has 0 saturated heterocycles. The number of sulfonamides is 1. The van der Waals surface area contributed by atoms with E-state index in [-0.39, 0.29) is 31.3 Å². The van der Waals surface area contributed by atoms with Crippen LogP contribution in [0.4, 0.5) is 5.69 Å². The number of carbonyl (C=O) groups is 2. The van der Waals surface area contributed by atoms with Gasteiger partial charge in [0.15, 0.2) is 0 Å². The first-order valence-corrected chi connectivity index (χ1v) is 14.2. The molecule has 0 aliphatic rings. The lowest BCUT2D eigenvalue weighted by Gasteiger charge is -2.31. The molecule has 0 fully saturated rings. The predicted molar refractivity (Wildman–Crippen MR) is 142 cm³/mol. The van der Waals surface area contributed by atoms with Crippen LogP contribution in [0.15, 0.2) is 48.5 Å². The lowest BCUT2D eigenvalue weighted by Crippen LogP contribution is -2.49. The van der Waals surface area contributed by atoms with E-state index in [0.717, 1.165) is 18.2 Å². The van der Waals surface area contributed by atoms with Gasteiger partial charge in [-0.05, 0) is 61.2 Å². The third-order valence-corrected chi connectivity index (χ3v) is 7.17. The summed E-state index contributed by atoms with van der Waals surface area (Å²) in [7, 11) is -3.56. The summed E-state index contributed by atoms with van der Waals surface area (Å²) in [6.45, 7) is 4.74. The standard InChI is InChI=1S/C25H33Cl2N3O4S/c1-4-16-28-25(32)23(5-2)29(18-19-8-10-20(26)11-9-19)24(31)7-6-17-30(35(3,33)34)22-14-12-21(27)13-15-22/h8-15,23H,4-7,16-18H2,1-3H3,(H,28,32)/t23-/m1/s1. The number of carbonyl (C=O) groups excluding carboxylic acids is 2. The molecule has 2 aromatic carbocycles. The van der Waals surface area contributed by atoms with Crippen molar-refractivity contribution in [1.82, 2.24) is 10.2 Å². The second-order valence-electron chi connectivity index (χ2n) is 8.28. The van der Waals surface area contributed by atoms with Crippen LogP contribution in [0.2, 0.25) is 10.0 Å². The van der Waals surface area contributed by atoms with E-state index in [1.54, 1.807) is 41.3 Å². The number of benzene rings is 2. The summed E-state index contributed by atoms with van der Waals surface area (Å²) in [5.41, 5.74) is 1.33. The molecular formula is C25H33Cl2N3O4S. The van der Waals surface area contributed by atoms with Crippen LogP contribution >= 0.6 is 23.2 Å². The van der Waals surface area contributed by atoms with Gasteiger partial charge >= 0.3 is 0 Å². The second kappa shape index (κ2) is 13.7. The fraction of sp³-hybridized carbons (Fsp3) is 0.440. The van der Waals surface area contributed by atoms with E-state index in [2.05, 4.69) is 5.32 Å². The summed E-state index contributed by atoms with van der Waals surface area (Å²) in [6, 6.07) is 13.0. The summed E-state index contributed by atoms with van der Waals surface area (Å²) in [5.74, 6) is -0.418. The minimum Gasteiger partial charge on any atom is -0.354 e. The van der Waals surface area contributed by atoms with E-state index in [1.807, 2.05) is 26.0 Å². The summed E-state index contributed by atoms with van der Waals surface area (Å²) in [5, 5.41) is 3.97. The Kier molecular flexibility index (Phi) is 11.3. The molecule has 0 heterocycles. The van der Waals surface area contributed by atoms with Crippen molar-refractivity contribution in [1.29, 1.82) is 0 Å². The number of rotatable bonds is 13. The Morgan fingerprint density at radius 3 is 2.06 bits per heavy atom. The van der Waals surface area contributed by atoms with Crippen molar-refractivity contribution in [2.45, 2.75) is 52.1 Å². The molecule has 10 heteroatoms. The molecule has 2 rings (SSSR count). The average molecular weight is 543 g/mol. The van der Waals surface area contributed by atoms with Crippen LogP contribution in [0, 0.1) is 0 Å². The topological polar surface area (TPSA) is 86.8 Å². The molecule has 1 atom stereocenters. The molecule has 7 nitrogen and oxygen atoms in total. The summed E-state index contributed by atoms with van der Waals surface area (Å²) >= 11 is 11.9. The van der Waals surface area contributed by atoms with E-state index in [0.29, 0.717) is 35.1 Å². The molecule has 2 amide bonds. The van der Waals surface area contributed by atoms with Crippen LogP contribution in [0.25, 0.3) is 0 Å². The van der Waals surface area contributed by atoms with Crippen molar-refractivity contribution in [3.05, 3.63) is 64.1 Å². The van der Waals surface area contributed by atoms with Crippen molar-refractivity contribution >= 4 is 50.7 Å². The molecule has 2 aromatic rings. The van der Waals surface area contributed by atoms with Gasteiger partial charge in [-0.3, -0.25) is 13.9 Å². The molecule has 192 valence electrons. The van der Waals surface area contributed by atoms with Crippen LogP contribution in [-0.2, 0) is 26.2 Å². The van der Waals surface area contributed by atoms with E-state index < -0.39 is 16.1 Å². The molecule has 0 aliphatic heterocycles. The highest BCUT2D eigenvalue weighted by atomic mass is 35.5. The molecule has 0 spiro atoms. The molecule has 0 aromatic heterocycles. The zero-order chi connectivity index (χ0) is 26.0. The van der Waals surface area contributed by atoms with Gasteiger partial charge in [0, 0.05) is 36.1 Å². The van der Waals surface area contributed by atoms with E-state index >= 15 is 0 Å². The van der Waals surface area contributed by atoms with Crippen LogP contribution in [0.1, 0.15) is 45.1 Å². The first kappa shape index (κ1) is 28.9. The summed E-state index contributed by atoms with van der Waals surface area (Å²) in [4.78, 5) is 27.7. The number of amides is 2. The SMILES string of the molecule is CCCNC(=O)[C@@H](CC)N(Cc1ccc(Cl)cc1)C(=O)CCCN(c1ccc(Cl)cc1)S(C)(=O)=O. The van der Waals surface area contributed by atoms with Crippen molar-refractivity contribution in [2.24, 2.45) is 0 Å². The third kappa shape index (κ3) is 9.02. The van der Waals surface area contributed by atoms with E-state index in [4.69, 9.17) is 23.2 Å². The molecule has 0 radical (unpaired) electrons. The monoisotopic (exact) mass is 541 g/mol. The Morgan fingerprint density at radius 1 is 0.971 bits per heavy atom. The number of hydrogen-bond donors (Lipinski definition) is 1. The fourth-order valence-corrected chi connectivity index (χ4v) is 4.90. The maximum atomic E-state index is 13.3. The van der Waals surface area contributed by atoms with Gasteiger partial charge in [-0.15, -0.1) is 0 Å². The van der Waals surface area contributed by atoms with Crippen LogP contribution in [0.3, 0.4) is 0 Å². The van der Waals surface area contributed by atoms with Gasteiger partial charge in [0.25, 0.3) is 0 Å². The molecule has 0 aliphatic carbocycles. The molecule has 35 heavy (non-hydrogen) atoms. The lowest BCUT2D eigenvalue weighted by atomic mass is 10.1. The number of halogens is 2. The highest BCUT2D eigenvalue weighted by Gasteiger charge is 2.28. The van der Waals surface area contributed by atoms with Gasteiger partial charge in [0.05, 0.1) is 11.9 Å². The largest absolute Gasteiger partial charge is 0.354 e. The quantitative estimate of drug-likeness (QED) is 0.391. The zero-order valence-electron chi connectivity index (χ0n) is 20.3. The lowest BCUT2D eigenvalue weighted by molar-refractivity contribution is -0.141. The first-order chi connectivity index (χ1) is 16.6. The number of anilines is 1. The minimum absolute atomic E-state index is 0.0881. The van der Waals surface area contributed by atoms with Crippen molar-refractivity contribution < 1.29 is 18.0 Å². The fourth-order valence-electron chi connectivity index (χ4n) is 3.68.